The van der Waals surface area contributed by atoms with E-state index in [-0.39, 0.29) is 11.7 Å². The molecule has 0 aliphatic heterocycles. The summed E-state index contributed by atoms with van der Waals surface area (Å²) in [4.78, 5) is 11.4. The molecule has 0 fully saturated rings. The highest BCUT2D eigenvalue weighted by Gasteiger charge is 2.21. The lowest BCUT2D eigenvalue weighted by molar-refractivity contribution is 0.0695. The normalized spacial score (nSPS) is 11.0. The number of halogens is 1. The molecule has 1 heterocycles. The predicted octanol–water partition coefficient (Wildman–Crippen LogP) is 4.28. The fraction of sp³-hybridized carbons (Fsp3) is 0.353. The van der Waals surface area contributed by atoms with Crippen LogP contribution in [0.1, 0.15) is 54.2 Å². The van der Waals surface area contributed by atoms with Gasteiger partial charge in [0.1, 0.15) is 5.82 Å². The summed E-state index contributed by atoms with van der Waals surface area (Å²) in [5.74, 6) is -0.989. The zero-order chi connectivity index (χ0) is 15.4. The van der Waals surface area contributed by atoms with E-state index in [4.69, 9.17) is 0 Å². The Balaban J connectivity index is 2.41. The maximum atomic E-state index is 13.3. The quantitative estimate of drug-likeness (QED) is 0.862. The van der Waals surface area contributed by atoms with Crippen LogP contribution in [0, 0.1) is 5.82 Å². The molecule has 0 aliphatic carbocycles. The summed E-state index contributed by atoms with van der Waals surface area (Å²) in [6.07, 6.45) is 3.54. The van der Waals surface area contributed by atoms with Gasteiger partial charge < -0.3 is 9.67 Å². The van der Waals surface area contributed by atoms with E-state index in [0.717, 1.165) is 24.1 Å². The van der Waals surface area contributed by atoms with Crippen LogP contribution in [0.2, 0.25) is 0 Å². The average Bonchev–Trinajstić information content (AvgIpc) is 2.84. The first-order valence-electron chi connectivity index (χ1n) is 7.23. The van der Waals surface area contributed by atoms with Gasteiger partial charge in [-0.15, -0.1) is 0 Å². The Morgan fingerprint density at radius 1 is 1.29 bits per heavy atom. The molecule has 1 aromatic heterocycles. The number of carbonyl (C=O) groups is 1. The maximum Gasteiger partial charge on any atom is 0.337 e. The van der Waals surface area contributed by atoms with Crippen LogP contribution in [0.4, 0.5) is 4.39 Å². The topological polar surface area (TPSA) is 42.2 Å². The Morgan fingerprint density at radius 2 is 2.00 bits per heavy atom. The number of aromatic carboxylic acids is 1. The minimum Gasteiger partial charge on any atom is -0.478 e. The number of aromatic nitrogens is 1. The SMILES string of the molecule is CCC(CC)c1c(C(=O)O)ccn1Cc1cccc(F)c1. The van der Waals surface area contributed by atoms with E-state index >= 15 is 0 Å². The zero-order valence-corrected chi connectivity index (χ0v) is 12.3. The summed E-state index contributed by atoms with van der Waals surface area (Å²) >= 11 is 0. The van der Waals surface area contributed by atoms with Crippen LogP contribution in [0.3, 0.4) is 0 Å². The van der Waals surface area contributed by atoms with Crippen LogP contribution >= 0.6 is 0 Å². The average molecular weight is 289 g/mol. The Labute approximate surface area is 124 Å². The number of rotatable bonds is 6. The number of hydrogen-bond donors (Lipinski definition) is 1. The molecule has 0 saturated heterocycles. The first-order valence-corrected chi connectivity index (χ1v) is 7.23. The van der Waals surface area contributed by atoms with Crippen molar-refractivity contribution in [3.63, 3.8) is 0 Å². The summed E-state index contributed by atoms with van der Waals surface area (Å²) in [5, 5.41) is 9.36. The van der Waals surface area contributed by atoms with Gasteiger partial charge in [-0.2, -0.15) is 0 Å². The van der Waals surface area contributed by atoms with Gasteiger partial charge in [-0.3, -0.25) is 0 Å². The number of benzene rings is 1. The smallest absolute Gasteiger partial charge is 0.337 e. The maximum absolute atomic E-state index is 13.3. The Kier molecular flexibility index (Phi) is 4.78. The number of hydrogen-bond acceptors (Lipinski definition) is 1. The Morgan fingerprint density at radius 3 is 2.57 bits per heavy atom. The van der Waals surface area contributed by atoms with Crippen LogP contribution in [-0.2, 0) is 6.54 Å². The Bertz CT molecular complexity index is 629. The van der Waals surface area contributed by atoms with E-state index < -0.39 is 5.97 Å². The van der Waals surface area contributed by atoms with E-state index in [0.29, 0.717) is 12.1 Å². The lowest BCUT2D eigenvalue weighted by Gasteiger charge is -2.18. The van der Waals surface area contributed by atoms with Crippen molar-refractivity contribution in [2.75, 3.05) is 0 Å². The van der Waals surface area contributed by atoms with Gasteiger partial charge in [-0.1, -0.05) is 26.0 Å². The molecule has 0 spiro atoms. The van der Waals surface area contributed by atoms with E-state index in [1.165, 1.54) is 12.1 Å². The van der Waals surface area contributed by atoms with Gasteiger partial charge in [0.05, 0.1) is 5.56 Å². The molecule has 3 nitrogen and oxygen atoms in total. The molecule has 0 saturated carbocycles. The first-order chi connectivity index (χ1) is 10.1. The van der Waals surface area contributed by atoms with Crippen molar-refractivity contribution >= 4 is 5.97 Å². The number of carboxylic acid groups (broad SMARTS) is 1. The first kappa shape index (κ1) is 15.3. The van der Waals surface area contributed by atoms with Crippen LogP contribution in [-0.4, -0.2) is 15.6 Å². The fourth-order valence-corrected chi connectivity index (χ4v) is 2.77. The summed E-state index contributed by atoms with van der Waals surface area (Å²) in [6, 6.07) is 8.04. The molecule has 2 rings (SSSR count). The van der Waals surface area contributed by atoms with Crippen molar-refractivity contribution in [2.24, 2.45) is 0 Å². The molecule has 0 aliphatic rings. The highest BCUT2D eigenvalue weighted by Crippen LogP contribution is 2.28. The zero-order valence-electron chi connectivity index (χ0n) is 12.3. The molecule has 1 aromatic carbocycles. The van der Waals surface area contributed by atoms with Crippen LogP contribution in [0.15, 0.2) is 36.5 Å². The lowest BCUT2D eigenvalue weighted by atomic mass is 9.96. The highest BCUT2D eigenvalue weighted by molar-refractivity contribution is 5.89. The van der Waals surface area contributed by atoms with Crippen molar-refractivity contribution < 1.29 is 14.3 Å². The molecule has 0 unspecified atom stereocenters. The minimum atomic E-state index is -0.908. The van der Waals surface area contributed by atoms with Gasteiger partial charge in [0.25, 0.3) is 0 Å². The van der Waals surface area contributed by atoms with E-state index in [1.54, 1.807) is 18.3 Å². The summed E-state index contributed by atoms with van der Waals surface area (Å²) < 4.78 is 15.2. The van der Waals surface area contributed by atoms with Crippen molar-refractivity contribution in [1.82, 2.24) is 4.57 Å². The molecule has 21 heavy (non-hydrogen) atoms. The fourth-order valence-electron chi connectivity index (χ4n) is 2.77. The molecular formula is C17H20FNO2. The van der Waals surface area contributed by atoms with Crippen LogP contribution in [0.5, 0.6) is 0 Å². The third-order valence-electron chi connectivity index (χ3n) is 3.85. The molecule has 0 bridgehead atoms. The van der Waals surface area contributed by atoms with Gasteiger partial charge >= 0.3 is 5.97 Å². The predicted molar refractivity (Wildman–Crippen MR) is 80.2 cm³/mol. The number of carboxylic acids is 1. The second kappa shape index (κ2) is 6.57. The molecule has 112 valence electrons. The molecule has 2 aromatic rings. The molecule has 1 N–H and O–H groups in total. The van der Waals surface area contributed by atoms with E-state index in [2.05, 4.69) is 13.8 Å². The summed E-state index contributed by atoms with van der Waals surface area (Å²) in [7, 11) is 0. The van der Waals surface area contributed by atoms with Crippen molar-refractivity contribution in [3.8, 4) is 0 Å². The Hall–Kier alpha value is -2.10. The molecular weight excluding hydrogens is 269 g/mol. The molecule has 4 heteroatoms. The molecule has 0 amide bonds. The summed E-state index contributed by atoms with van der Waals surface area (Å²) in [5.41, 5.74) is 2.01. The second-order valence-corrected chi connectivity index (χ2v) is 5.19. The van der Waals surface area contributed by atoms with Crippen molar-refractivity contribution in [2.45, 2.75) is 39.2 Å². The molecule has 0 atom stereocenters. The molecule has 0 radical (unpaired) electrons. The van der Waals surface area contributed by atoms with Crippen LogP contribution in [0.25, 0.3) is 0 Å². The number of nitrogens with zero attached hydrogens (tertiary/aromatic N) is 1. The van der Waals surface area contributed by atoms with Gasteiger partial charge in [-0.05, 0) is 42.5 Å². The van der Waals surface area contributed by atoms with Gasteiger partial charge in [0, 0.05) is 18.4 Å². The minimum absolute atomic E-state index is 0.194. The summed E-state index contributed by atoms with van der Waals surface area (Å²) in [6.45, 7) is 4.59. The second-order valence-electron chi connectivity index (χ2n) is 5.19. The van der Waals surface area contributed by atoms with E-state index in [9.17, 15) is 14.3 Å². The van der Waals surface area contributed by atoms with Crippen molar-refractivity contribution in [1.29, 1.82) is 0 Å². The largest absolute Gasteiger partial charge is 0.478 e. The van der Waals surface area contributed by atoms with Gasteiger partial charge in [0.2, 0.25) is 0 Å². The van der Waals surface area contributed by atoms with Crippen molar-refractivity contribution in [3.05, 3.63) is 59.2 Å². The van der Waals surface area contributed by atoms with Gasteiger partial charge in [-0.25, -0.2) is 9.18 Å². The third kappa shape index (κ3) is 3.32. The lowest BCUT2D eigenvalue weighted by Crippen LogP contribution is -2.12. The van der Waals surface area contributed by atoms with Crippen LogP contribution < -0.4 is 0 Å². The van der Waals surface area contributed by atoms with Gasteiger partial charge in [0.15, 0.2) is 0 Å². The van der Waals surface area contributed by atoms with E-state index in [1.807, 2.05) is 10.6 Å². The third-order valence-corrected chi connectivity index (χ3v) is 3.85. The monoisotopic (exact) mass is 289 g/mol. The highest BCUT2D eigenvalue weighted by atomic mass is 19.1. The standard InChI is InChI=1S/C17H20FNO2/c1-3-13(4-2)16-15(17(20)21)8-9-19(16)11-12-6-5-7-14(18)10-12/h5-10,13H,3-4,11H2,1-2H3,(H,20,21).